The Morgan fingerprint density at radius 2 is 1.86 bits per heavy atom. The van der Waals surface area contributed by atoms with Crippen LogP contribution in [0.25, 0.3) is 5.57 Å². The minimum absolute atomic E-state index is 0.0559. The quantitative estimate of drug-likeness (QED) is 0.547. The molecule has 0 radical (unpaired) electrons. The van der Waals surface area contributed by atoms with Crippen molar-refractivity contribution in [2.75, 3.05) is 36.4 Å². The maximum atomic E-state index is 13.0. The Kier molecular flexibility index (Phi) is 7.69. The number of hydrogen-bond acceptors (Lipinski definition) is 4. The molecule has 2 heterocycles. The molecule has 0 spiro atoms. The summed E-state index contributed by atoms with van der Waals surface area (Å²) in [6, 6.07) is 13.2. The predicted molar refractivity (Wildman–Crippen MR) is 146 cm³/mol. The molecule has 2 aliphatic rings. The Hall–Kier alpha value is -3.32. The third-order valence-corrected chi connectivity index (χ3v) is 7.02. The summed E-state index contributed by atoms with van der Waals surface area (Å²) in [7, 11) is 0. The number of carbonyl (C=O) groups is 2. The number of hydrogen-bond donors (Lipinski definition) is 2. The number of urea groups is 1. The zero-order chi connectivity index (χ0) is 25.9. The Labute approximate surface area is 214 Å². The molecular weight excluding hydrogens is 452 g/mol. The van der Waals surface area contributed by atoms with Crippen molar-refractivity contribution in [1.29, 1.82) is 0 Å². The summed E-state index contributed by atoms with van der Waals surface area (Å²) in [4.78, 5) is 30.2. The second-order valence-electron chi connectivity index (χ2n) is 10.4. The van der Waals surface area contributed by atoms with E-state index in [1.54, 1.807) is 17.9 Å². The minimum atomic E-state index is -0.598. The normalized spacial score (nSPS) is 18.3. The van der Waals surface area contributed by atoms with Crippen molar-refractivity contribution in [2.45, 2.75) is 58.6 Å². The molecule has 36 heavy (non-hydrogen) atoms. The highest BCUT2D eigenvalue weighted by atomic mass is 16.5. The molecule has 2 aromatic rings. The Bertz CT molecular complexity index is 1140. The van der Waals surface area contributed by atoms with Gasteiger partial charge in [0.15, 0.2) is 6.10 Å². The fraction of sp³-hybridized carbons (Fsp3) is 0.448. The summed E-state index contributed by atoms with van der Waals surface area (Å²) in [6.45, 7) is 15.3. The van der Waals surface area contributed by atoms with Gasteiger partial charge in [0.2, 0.25) is 0 Å². The number of nitrogens with zero attached hydrogens (tertiary/aromatic N) is 2. The van der Waals surface area contributed by atoms with Gasteiger partial charge in [-0.05, 0) is 89.0 Å². The van der Waals surface area contributed by atoms with Crippen molar-refractivity contribution in [3.8, 4) is 5.75 Å². The standard InChI is InChI=1S/C29H38N4O3/c1-20(2)22-10-9-11-23(18-22)29(4,5)31-28(35)30-24-12-13-26-25(19-24)33(27(34)21(3)36-26)17-16-32-14-7-6-8-15-32/h9-13,18-19,21H,1,6-8,14-17H2,2-5H3,(H2,30,31,35). The molecule has 1 saturated heterocycles. The molecule has 2 aliphatic heterocycles. The zero-order valence-electron chi connectivity index (χ0n) is 21.9. The highest BCUT2D eigenvalue weighted by Gasteiger charge is 2.32. The van der Waals surface area contributed by atoms with E-state index < -0.39 is 11.6 Å². The zero-order valence-corrected chi connectivity index (χ0v) is 21.9. The van der Waals surface area contributed by atoms with Gasteiger partial charge in [-0.2, -0.15) is 0 Å². The van der Waals surface area contributed by atoms with Crippen molar-refractivity contribution in [2.24, 2.45) is 0 Å². The highest BCUT2D eigenvalue weighted by molar-refractivity contribution is 6.01. The van der Waals surface area contributed by atoms with Crippen molar-refractivity contribution in [1.82, 2.24) is 10.2 Å². The number of piperidine rings is 1. The van der Waals surface area contributed by atoms with Crippen LogP contribution in [0.5, 0.6) is 5.75 Å². The molecule has 0 bridgehead atoms. The number of fused-ring (bicyclic) bond motifs is 1. The highest BCUT2D eigenvalue weighted by Crippen LogP contribution is 2.36. The van der Waals surface area contributed by atoms with Gasteiger partial charge >= 0.3 is 6.03 Å². The predicted octanol–water partition coefficient (Wildman–Crippen LogP) is 5.38. The maximum absolute atomic E-state index is 13.0. The van der Waals surface area contributed by atoms with Crippen LogP contribution in [0, 0.1) is 0 Å². The van der Waals surface area contributed by atoms with Crippen molar-refractivity contribution >= 4 is 28.9 Å². The van der Waals surface area contributed by atoms with Gasteiger partial charge in [-0.1, -0.05) is 36.8 Å². The van der Waals surface area contributed by atoms with Crippen LogP contribution in [0.2, 0.25) is 0 Å². The number of nitrogens with one attached hydrogen (secondary N) is 2. The number of likely N-dealkylation sites (tertiary alicyclic amines) is 1. The van der Waals surface area contributed by atoms with Gasteiger partial charge in [0.25, 0.3) is 5.91 Å². The van der Waals surface area contributed by atoms with Crippen LogP contribution in [-0.2, 0) is 10.3 Å². The molecule has 4 rings (SSSR count). The molecule has 1 atom stereocenters. The molecular formula is C29H38N4O3. The first kappa shape index (κ1) is 25.8. The summed E-state index contributed by atoms with van der Waals surface area (Å²) < 4.78 is 5.85. The van der Waals surface area contributed by atoms with E-state index in [0.29, 0.717) is 23.7 Å². The lowest BCUT2D eigenvalue weighted by atomic mass is 9.92. The van der Waals surface area contributed by atoms with E-state index in [9.17, 15) is 9.59 Å². The number of anilines is 2. The number of ether oxygens (including phenoxy) is 1. The lowest BCUT2D eigenvalue weighted by Gasteiger charge is -2.35. The van der Waals surface area contributed by atoms with Gasteiger partial charge < -0.3 is 25.2 Å². The number of rotatable bonds is 7. The van der Waals surface area contributed by atoms with Crippen LogP contribution in [0.3, 0.4) is 0 Å². The van der Waals surface area contributed by atoms with Crippen LogP contribution in [-0.4, -0.2) is 49.1 Å². The average Bonchev–Trinajstić information content (AvgIpc) is 2.85. The molecule has 1 unspecified atom stereocenters. The fourth-order valence-electron chi connectivity index (χ4n) is 4.83. The fourth-order valence-corrected chi connectivity index (χ4v) is 4.83. The monoisotopic (exact) mass is 490 g/mol. The molecule has 0 aromatic heterocycles. The summed E-state index contributed by atoms with van der Waals surface area (Å²) in [5.41, 5.74) is 3.70. The number of allylic oxidation sites excluding steroid dienone is 1. The Balaban J connectivity index is 1.47. The first-order valence-electron chi connectivity index (χ1n) is 12.8. The summed E-state index contributed by atoms with van der Waals surface area (Å²) in [6.07, 6.45) is 3.17. The first-order valence-corrected chi connectivity index (χ1v) is 12.8. The SMILES string of the molecule is C=C(C)c1cccc(C(C)(C)NC(=O)Nc2ccc3c(c2)N(CCN2CCCCC2)C(=O)C(C)O3)c1. The largest absolute Gasteiger partial charge is 0.479 e. The van der Waals surface area contributed by atoms with E-state index >= 15 is 0 Å². The van der Waals surface area contributed by atoms with E-state index in [2.05, 4.69) is 22.1 Å². The minimum Gasteiger partial charge on any atom is -0.479 e. The molecule has 2 N–H and O–H groups in total. The van der Waals surface area contributed by atoms with Gasteiger partial charge in [-0.25, -0.2) is 4.79 Å². The van der Waals surface area contributed by atoms with E-state index in [1.165, 1.54) is 19.3 Å². The van der Waals surface area contributed by atoms with Crippen LogP contribution in [0.4, 0.5) is 16.2 Å². The van der Waals surface area contributed by atoms with Gasteiger partial charge in [-0.15, -0.1) is 0 Å². The van der Waals surface area contributed by atoms with Crippen molar-refractivity contribution in [3.05, 3.63) is 60.2 Å². The number of carbonyl (C=O) groups excluding carboxylic acids is 2. The Morgan fingerprint density at radius 1 is 1.11 bits per heavy atom. The molecule has 0 saturated carbocycles. The van der Waals surface area contributed by atoms with Gasteiger partial charge in [0.1, 0.15) is 5.75 Å². The topological polar surface area (TPSA) is 73.9 Å². The Morgan fingerprint density at radius 3 is 2.58 bits per heavy atom. The van der Waals surface area contributed by atoms with E-state index in [0.717, 1.165) is 36.3 Å². The maximum Gasteiger partial charge on any atom is 0.319 e. The van der Waals surface area contributed by atoms with Crippen LogP contribution in [0.15, 0.2) is 49.0 Å². The summed E-state index contributed by atoms with van der Waals surface area (Å²) in [5.74, 6) is 0.600. The van der Waals surface area contributed by atoms with Gasteiger partial charge in [0.05, 0.1) is 11.2 Å². The summed E-state index contributed by atoms with van der Waals surface area (Å²) >= 11 is 0. The van der Waals surface area contributed by atoms with Crippen LogP contribution in [0.1, 0.15) is 58.1 Å². The third kappa shape index (κ3) is 5.90. The molecule has 2 aromatic carbocycles. The smallest absolute Gasteiger partial charge is 0.319 e. The average molecular weight is 491 g/mol. The lowest BCUT2D eigenvalue weighted by Crippen LogP contribution is -2.48. The van der Waals surface area contributed by atoms with E-state index in [1.807, 2.05) is 57.2 Å². The van der Waals surface area contributed by atoms with Crippen LogP contribution < -0.4 is 20.3 Å². The lowest BCUT2D eigenvalue weighted by molar-refractivity contribution is -0.125. The van der Waals surface area contributed by atoms with Gasteiger partial charge in [-0.3, -0.25) is 4.79 Å². The number of benzene rings is 2. The van der Waals surface area contributed by atoms with E-state index in [-0.39, 0.29) is 11.9 Å². The molecule has 1 fully saturated rings. The van der Waals surface area contributed by atoms with Gasteiger partial charge in [0, 0.05) is 18.8 Å². The second-order valence-corrected chi connectivity index (χ2v) is 10.4. The molecule has 192 valence electrons. The third-order valence-electron chi connectivity index (χ3n) is 7.02. The van der Waals surface area contributed by atoms with Crippen molar-refractivity contribution < 1.29 is 14.3 Å². The van der Waals surface area contributed by atoms with Crippen molar-refractivity contribution in [3.63, 3.8) is 0 Å². The molecule has 3 amide bonds. The molecule has 7 heteroatoms. The first-order chi connectivity index (χ1) is 17.1. The second kappa shape index (κ2) is 10.7. The van der Waals surface area contributed by atoms with E-state index in [4.69, 9.17) is 4.74 Å². The molecule has 7 nitrogen and oxygen atoms in total. The molecule has 0 aliphatic carbocycles. The number of amides is 3. The van der Waals surface area contributed by atoms with Crippen LogP contribution >= 0.6 is 0 Å². The summed E-state index contributed by atoms with van der Waals surface area (Å²) in [5, 5.41) is 6.00.